The Labute approximate surface area is 113 Å². The summed E-state index contributed by atoms with van der Waals surface area (Å²) in [6.07, 6.45) is 3.93. The molecule has 0 spiro atoms. The average molecular weight is 263 g/mol. The fourth-order valence-corrected chi connectivity index (χ4v) is 2.45. The Morgan fingerprint density at radius 1 is 1.42 bits per heavy atom. The molecule has 0 aliphatic carbocycles. The minimum absolute atomic E-state index is 0.0120. The molecule has 104 valence electrons. The lowest BCUT2D eigenvalue weighted by molar-refractivity contribution is -0.122. The zero-order valence-corrected chi connectivity index (χ0v) is 11.9. The van der Waals surface area contributed by atoms with Crippen molar-refractivity contribution >= 4 is 5.91 Å². The van der Waals surface area contributed by atoms with E-state index in [1.54, 1.807) is 13.4 Å². The van der Waals surface area contributed by atoms with Crippen molar-refractivity contribution < 1.29 is 13.9 Å². The van der Waals surface area contributed by atoms with Gasteiger partial charge in [-0.1, -0.05) is 20.8 Å². The van der Waals surface area contributed by atoms with Crippen LogP contribution in [-0.2, 0) is 9.53 Å². The van der Waals surface area contributed by atoms with E-state index in [0.29, 0.717) is 5.76 Å². The SMILES string of the molecule is COC1=C[C@H](c2ccco2)[C@@H](C(C)(C)C)NC(=O)C1. The third-order valence-electron chi connectivity index (χ3n) is 3.44. The molecule has 1 aromatic rings. The second-order valence-electron chi connectivity index (χ2n) is 5.97. The Morgan fingerprint density at radius 3 is 2.68 bits per heavy atom. The van der Waals surface area contributed by atoms with Crippen LogP contribution < -0.4 is 5.32 Å². The third-order valence-corrected chi connectivity index (χ3v) is 3.44. The third kappa shape index (κ3) is 3.00. The molecule has 4 nitrogen and oxygen atoms in total. The molecule has 0 radical (unpaired) electrons. The molecule has 1 amide bonds. The summed E-state index contributed by atoms with van der Waals surface area (Å²) in [5.41, 5.74) is -0.0766. The van der Waals surface area contributed by atoms with Crippen molar-refractivity contribution in [1.82, 2.24) is 5.32 Å². The minimum Gasteiger partial charge on any atom is -0.501 e. The normalized spacial score (nSPS) is 24.4. The van der Waals surface area contributed by atoms with Crippen LogP contribution in [0.1, 0.15) is 38.9 Å². The molecule has 1 N–H and O–H groups in total. The van der Waals surface area contributed by atoms with Crippen molar-refractivity contribution in [2.24, 2.45) is 5.41 Å². The number of hydrogen-bond acceptors (Lipinski definition) is 3. The van der Waals surface area contributed by atoms with Crippen molar-refractivity contribution in [3.63, 3.8) is 0 Å². The topological polar surface area (TPSA) is 51.5 Å². The fraction of sp³-hybridized carbons (Fsp3) is 0.533. The fourth-order valence-electron chi connectivity index (χ4n) is 2.45. The number of ether oxygens (including phenoxy) is 1. The van der Waals surface area contributed by atoms with Gasteiger partial charge in [0.2, 0.25) is 5.91 Å². The molecule has 2 rings (SSSR count). The van der Waals surface area contributed by atoms with Crippen molar-refractivity contribution in [3.05, 3.63) is 36.0 Å². The van der Waals surface area contributed by atoms with Crippen molar-refractivity contribution in [2.75, 3.05) is 7.11 Å². The maximum Gasteiger partial charge on any atom is 0.227 e. The summed E-state index contributed by atoms with van der Waals surface area (Å²) in [5.74, 6) is 1.50. The van der Waals surface area contributed by atoms with Crippen LogP contribution in [0.15, 0.2) is 34.6 Å². The lowest BCUT2D eigenvalue weighted by Gasteiger charge is -2.34. The molecule has 0 aromatic carbocycles. The van der Waals surface area contributed by atoms with Crippen molar-refractivity contribution in [2.45, 2.75) is 39.2 Å². The van der Waals surface area contributed by atoms with Gasteiger partial charge in [0.25, 0.3) is 0 Å². The summed E-state index contributed by atoms with van der Waals surface area (Å²) in [7, 11) is 1.59. The Bertz CT molecular complexity index is 468. The van der Waals surface area contributed by atoms with Crippen LogP contribution in [0.5, 0.6) is 0 Å². The molecule has 2 atom stereocenters. The quantitative estimate of drug-likeness (QED) is 0.892. The molecule has 0 unspecified atom stereocenters. The van der Waals surface area contributed by atoms with Crippen LogP contribution >= 0.6 is 0 Å². The first-order valence-electron chi connectivity index (χ1n) is 6.49. The number of hydrogen-bond donors (Lipinski definition) is 1. The highest BCUT2D eigenvalue weighted by atomic mass is 16.5. The number of amides is 1. The second-order valence-corrected chi connectivity index (χ2v) is 5.97. The van der Waals surface area contributed by atoms with E-state index in [0.717, 1.165) is 5.76 Å². The number of nitrogens with one attached hydrogen (secondary N) is 1. The summed E-state index contributed by atoms with van der Waals surface area (Å²) >= 11 is 0. The van der Waals surface area contributed by atoms with Gasteiger partial charge in [0, 0.05) is 6.04 Å². The van der Waals surface area contributed by atoms with Crippen LogP contribution in [-0.4, -0.2) is 19.1 Å². The van der Waals surface area contributed by atoms with E-state index in [2.05, 4.69) is 26.1 Å². The van der Waals surface area contributed by atoms with Crippen LogP contribution in [0, 0.1) is 5.41 Å². The zero-order valence-electron chi connectivity index (χ0n) is 11.9. The van der Waals surface area contributed by atoms with E-state index in [-0.39, 0.29) is 29.7 Å². The average Bonchev–Trinajstić information content (AvgIpc) is 2.78. The standard InChI is InChI=1S/C15H21NO3/c1-15(2,3)14-11(12-6-5-7-19-12)8-10(18-4)9-13(17)16-14/h5-8,11,14H,9H2,1-4H3,(H,16,17)/t11-,14+/m1/s1. The number of carbonyl (C=O) groups is 1. The molecular formula is C15H21NO3. The van der Waals surface area contributed by atoms with Gasteiger partial charge in [-0.25, -0.2) is 0 Å². The monoisotopic (exact) mass is 263 g/mol. The zero-order chi connectivity index (χ0) is 14.0. The van der Waals surface area contributed by atoms with Gasteiger partial charge in [-0.05, 0) is 23.6 Å². The minimum atomic E-state index is -0.0766. The van der Waals surface area contributed by atoms with Gasteiger partial charge in [-0.2, -0.15) is 0 Å². The summed E-state index contributed by atoms with van der Waals surface area (Å²) in [6, 6.07) is 3.77. The van der Waals surface area contributed by atoms with E-state index in [1.807, 2.05) is 18.2 Å². The van der Waals surface area contributed by atoms with Gasteiger partial charge >= 0.3 is 0 Å². The van der Waals surface area contributed by atoms with E-state index >= 15 is 0 Å². The van der Waals surface area contributed by atoms with Gasteiger partial charge in [0.15, 0.2) is 0 Å². The predicted molar refractivity (Wildman–Crippen MR) is 72.5 cm³/mol. The number of furan rings is 1. The summed E-state index contributed by atoms with van der Waals surface area (Å²) in [4.78, 5) is 12.0. The van der Waals surface area contributed by atoms with Gasteiger partial charge in [-0.15, -0.1) is 0 Å². The highest BCUT2D eigenvalue weighted by Crippen LogP contribution is 2.35. The highest BCUT2D eigenvalue weighted by Gasteiger charge is 2.37. The maximum atomic E-state index is 12.0. The second kappa shape index (κ2) is 5.11. The molecule has 0 saturated heterocycles. The van der Waals surface area contributed by atoms with E-state index in [1.165, 1.54) is 0 Å². The van der Waals surface area contributed by atoms with Gasteiger partial charge < -0.3 is 14.5 Å². The molecule has 1 aliphatic rings. The molecule has 0 bridgehead atoms. The van der Waals surface area contributed by atoms with Gasteiger partial charge in [0.1, 0.15) is 11.5 Å². The smallest absolute Gasteiger partial charge is 0.227 e. The Morgan fingerprint density at radius 2 is 2.16 bits per heavy atom. The predicted octanol–water partition coefficient (Wildman–Crippen LogP) is 2.83. The molecule has 2 heterocycles. The van der Waals surface area contributed by atoms with Crippen LogP contribution in [0.3, 0.4) is 0 Å². The lowest BCUT2D eigenvalue weighted by Crippen LogP contribution is -2.46. The number of methoxy groups -OCH3 is 1. The Hall–Kier alpha value is -1.71. The first-order chi connectivity index (χ1) is 8.91. The largest absolute Gasteiger partial charge is 0.501 e. The van der Waals surface area contributed by atoms with Gasteiger partial charge in [0.05, 0.1) is 25.7 Å². The van der Waals surface area contributed by atoms with Crippen LogP contribution in [0.4, 0.5) is 0 Å². The van der Waals surface area contributed by atoms with E-state index in [9.17, 15) is 4.79 Å². The maximum absolute atomic E-state index is 12.0. The molecule has 1 aromatic heterocycles. The molecule has 4 heteroatoms. The lowest BCUT2D eigenvalue weighted by atomic mass is 9.78. The first-order valence-corrected chi connectivity index (χ1v) is 6.49. The van der Waals surface area contributed by atoms with Crippen molar-refractivity contribution in [1.29, 1.82) is 0 Å². The van der Waals surface area contributed by atoms with E-state index in [4.69, 9.17) is 9.15 Å². The summed E-state index contributed by atoms with van der Waals surface area (Å²) in [5, 5.41) is 3.09. The van der Waals surface area contributed by atoms with Crippen molar-refractivity contribution in [3.8, 4) is 0 Å². The molecule has 19 heavy (non-hydrogen) atoms. The van der Waals surface area contributed by atoms with Crippen LogP contribution in [0.2, 0.25) is 0 Å². The summed E-state index contributed by atoms with van der Waals surface area (Å²) in [6.45, 7) is 6.33. The molecule has 0 saturated carbocycles. The molecule has 0 fully saturated rings. The molecule has 1 aliphatic heterocycles. The van der Waals surface area contributed by atoms with Gasteiger partial charge in [-0.3, -0.25) is 4.79 Å². The highest BCUT2D eigenvalue weighted by molar-refractivity contribution is 5.79. The van der Waals surface area contributed by atoms with Crippen LogP contribution in [0.25, 0.3) is 0 Å². The molecular weight excluding hydrogens is 242 g/mol. The Kier molecular flexibility index (Phi) is 3.69. The Balaban J connectivity index is 2.44. The first kappa shape index (κ1) is 13.7. The number of carbonyl (C=O) groups excluding carboxylic acids is 1. The number of rotatable bonds is 2. The summed E-state index contributed by atoms with van der Waals surface area (Å²) < 4.78 is 10.8. The van der Waals surface area contributed by atoms with E-state index < -0.39 is 0 Å².